The summed E-state index contributed by atoms with van der Waals surface area (Å²) < 4.78 is 5.52. The van der Waals surface area contributed by atoms with Crippen LogP contribution in [-0.2, 0) is 17.8 Å². The maximum atomic E-state index is 11.9. The Bertz CT molecular complexity index is 852. The number of hydrogen-bond donors (Lipinski definition) is 1. The van der Waals surface area contributed by atoms with E-state index in [1.54, 1.807) is 23.5 Å². The largest absolute Gasteiger partial charge is 0.491 e. The molecule has 0 bridgehead atoms. The fourth-order valence-electron chi connectivity index (χ4n) is 2.37. The number of benzene rings is 2. The zero-order chi connectivity index (χ0) is 18.2. The number of thiazole rings is 1. The van der Waals surface area contributed by atoms with Gasteiger partial charge >= 0.3 is 0 Å². The number of rotatable bonds is 8. The second kappa shape index (κ2) is 9.36. The molecule has 134 valence electrons. The molecule has 1 heterocycles. The molecule has 4 nitrogen and oxygen atoms in total. The Kier molecular flexibility index (Phi) is 6.63. The highest BCUT2D eigenvalue weighted by molar-refractivity contribution is 7.09. The van der Waals surface area contributed by atoms with E-state index < -0.39 is 0 Å². The third-order valence-electron chi connectivity index (χ3n) is 3.69. The Hall–Kier alpha value is -2.37. The van der Waals surface area contributed by atoms with Crippen molar-refractivity contribution in [3.63, 3.8) is 0 Å². The average molecular weight is 387 g/mol. The Morgan fingerprint density at radius 2 is 1.88 bits per heavy atom. The highest BCUT2D eigenvalue weighted by Crippen LogP contribution is 2.23. The summed E-state index contributed by atoms with van der Waals surface area (Å²) in [5, 5.41) is 6.44. The van der Waals surface area contributed by atoms with Gasteiger partial charge in [0, 0.05) is 11.8 Å². The van der Waals surface area contributed by atoms with E-state index in [9.17, 15) is 4.79 Å². The zero-order valence-electron chi connectivity index (χ0n) is 14.2. The Morgan fingerprint density at radius 1 is 1.12 bits per heavy atom. The molecule has 0 spiro atoms. The molecule has 6 heteroatoms. The van der Waals surface area contributed by atoms with Gasteiger partial charge in [-0.15, -0.1) is 11.3 Å². The van der Waals surface area contributed by atoms with Crippen LogP contribution >= 0.6 is 22.9 Å². The minimum atomic E-state index is -0.0744. The van der Waals surface area contributed by atoms with Crippen LogP contribution in [0.2, 0.25) is 5.02 Å². The van der Waals surface area contributed by atoms with Crippen molar-refractivity contribution in [1.29, 1.82) is 0 Å². The van der Waals surface area contributed by atoms with E-state index in [2.05, 4.69) is 22.4 Å². The van der Waals surface area contributed by atoms with Crippen molar-refractivity contribution in [3.8, 4) is 5.75 Å². The number of ether oxygens (including phenoxy) is 1. The predicted molar refractivity (Wildman–Crippen MR) is 105 cm³/mol. The third kappa shape index (κ3) is 5.58. The monoisotopic (exact) mass is 386 g/mol. The molecule has 0 aliphatic rings. The second-order valence-corrected chi connectivity index (χ2v) is 7.05. The minimum absolute atomic E-state index is 0.0744. The predicted octanol–water partition coefficient (Wildman–Crippen LogP) is 4.47. The summed E-state index contributed by atoms with van der Waals surface area (Å²) in [6, 6.07) is 17.4. The lowest BCUT2D eigenvalue weighted by atomic mass is 10.2. The van der Waals surface area contributed by atoms with Crippen molar-refractivity contribution in [1.82, 2.24) is 10.3 Å². The summed E-state index contributed by atoms with van der Waals surface area (Å²) in [7, 11) is 0. The average Bonchev–Trinajstić information content (AvgIpc) is 3.10. The molecule has 1 aromatic heterocycles. The van der Waals surface area contributed by atoms with Crippen molar-refractivity contribution < 1.29 is 9.53 Å². The summed E-state index contributed by atoms with van der Waals surface area (Å²) >= 11 is 7.62. The van der Waals surface area contributed by atoms with Gasteiger partial charge in [-0.05, 0) is 17.7 Å². The molecule has 0 saturated carbocycles. The van der Waals surface area contributed by atoms with E-state index >= 15 is 0 Å². The number of amides is 1. The number of carbonyl (C=O) groups excluding carboxylic acids is 1. The van der Waals surface area contributed by atoms with Crippen LogP contribution in [0.25, 0.3) is 0 Å². The van der Waals surface area contributed by atoms with Crippen molar-refractivity contribution in [2.24, 2.45) is 0 Å². The van der Waals surface area contributed by atoms with Crippen LogP contribution in [0.5, 0.6) is 5.75 Å². The fraction of sp³-hybridized carbons (Fsp3) is 0.200. The summed E-state index contributed by atoms with van der Waals surface area (Å²) in [5.41, 5.74) is 2.11. The number of para-hydroxylation sites is 1. The van der Waals surface area contributed by atoms with Gasteiger partial charge in [0.2, 0.25) is 5.91 Å². The molecule has 26 heavy (non-hydrogen) atoms. The zero-order valence-corrected chi connectivity index (χ0v) is 15.7. The summed E-state index contributed by atoms with van der Waals surface area (Å²) in [4.78, 5) is 16.5. The Labute approximate surface area is 161 Å². The number of halogens is 1. The summed E-state index contributed by atoms with van der Waals surface area (Å²) in [5.74, 6) is 0.515. The van der Waals surface area contributed by atoms with Gasteiger partial charge in [-0.25, -0.2) is 4.98 Å². The molecule has 0 atom stereocenters. The van der Waals surface area contributed by atoms with E-state index in [1.807, 2.05) is 35.7 Å². The normalized spacial score (nSPS) is 10.5. The van der Waals surface area contributed by atoms with Gasteiger partial charge in [0.15, 0.2) is 0 Å². The molecule has 0 unspecified atom stereocenters. The molecule has 3 aromatic rings. The molecule has 3 rings (SSSR count). The van der Waals surface area contributed by atoms with Crippen LogP contribution in [0.15, 0.2) is 60.0 Å². The van der Waals surface area contributed by atoms with Gasteiger partial charge in [0.1, 0.15) is 5.75 Å². The van der Waals surface area contributed by atoms with Gasteiger partial charge in [0.05, 0.1) is 35.3 Å². The molecule has 0 radical (unpaired) electrons. The molecular weight excluding hydrogens is 368 g/mol. The quantitative estimate of drug-likeness (QED) is 0.621. The van der Waals surface area contributed by atoms with Crippen LogP contribution < -0.4 is 10.1 Å². The van der Waals surface area contributed by atoms with Gasteiger partial charge < -0.3 is 10.1 Å². The topological polar surface area (TPSA) is 51.2 Å². The minimum Gasteiger partial charge on any atom is -0.491 e. The molecule has 0 fully saturated rings. The maximum absolute atomic E-state index is 11.9. The first kappa shape index (κ1) is 18.4. The van der Waals surface area contributed by atoms with E-state index in [0.29, 0.717) is 17.3 Å². The lowest BCUT2D eigenvalue weighted by molar-refractivity contribution is -0.121. The van der Waals surface area contributed by atoms with Crippen molar-refractivity contribution in [2.45, 2.75) is 19.4 Å². The molecular formula is C20H19ClN2O2S. The third-order valence-corrected chi connectivity index (χ3v) is 4.90. The van der Waals surface area contributed by atoms with E-state index in [-0.39, 0.29) is 18.9 Å². The highest BCUT2D eigenvalue weighted by Gasteiger charge is 2.07. The molecule has 0 aliphatic carbocycles. The highest BCUT2D eigenvalue weighted by atomic mass is 35.5. The van der Waals surface area contributed by atoms with Gasteiger partial charge in [-0.1, -0.05) is 54.1 Å². The Balaban J connectivity index is 1.40. The summed E-state index contributed by atoms with van der Waals surface area (Å²) in [6.07, 6.45) is 1.08. The summed E-state index contributed by atoms with van der Waals surface area (Å²) in [6.45, 7) is 0.710. The van der Waals surface area contributed by atoms with E-state index in [4.69, 9.17) is 16.3 Å². The standard InChI is InChI=1S/C20H19ClN2O2S/c21-17-8-4-5-9-18(17)25-11-10-19(24)22-13-16-14-26-20(23-16)12-15-6-2-1-3-7-15/h1-9,14H,10-13H2,(H,22,24). The van der Waals surface area contributed by atoms with E-state index in [1.165, 1.54) is 5.56 Å². The lowest BCUT2D eigenvalue weighted by Crippen LogP contribution is -2.24. The van der Waals surface area contributed by atoms with Crippen LogP contribution in [0, 0.1) is 0 Å². The molecule has 1 N–H and O–H groups in total. The fourth-order valence-corrected chi connectivity index (χ4v) is 3.39. The second-order valence-electron chi connectivity index (χ2n) is 5.70. The lowest BCUT2D eigenvalue weighted by Gasteiger charge is -2.07. The van der Waals surface area contributed by atoms with Crippen LogP contribution in [-0.4, -0.2) is 17.5 Å². The van der Waals surface area contributed by atoms with Crippen LogP contribution in [0.4, 0.5) is 0 Å². The maximum Gasteiger partial charge on any atom is 0.223 e. The first-order valence-electron chi connectivity index (χ1n) is 8.32. The number of nitrogens with zero attached hydrogens (tertiary/aromatic N) is 1. The van der Waals surface area contributed by atoms with Crippen LogP contribution in [0.3, 0.4) is 0 Å². The number of aromatic nitrogens is 1. The van der Waals surface area contributed by atoms with Gasteiger partial charge in [-0.3, -0.25) is 4.79 Å². The van der Waals surface area contributed by atoms with Crippen molar-refractivity contribution in [3.05, 3.63) is 81.3 Å². The molecule has 1 amide bonds. The van der Waals surface area contributed by atoms with Crippen LogP contribution in [0.1, 0.15) is 22.7 Å². The molecule has 2 aromatic carbocycles. The first-order valence-corrected chi connectivity index (χ1v) is 9.58. The molecule has 0 aliphatic heterocycles. The van der Waals surface area contributed by atoms with Crippen molar-refractivity contribution in [2.75, 3.05) is 6.61 Å². The smallest absolute Gasteiger partial charge is 0.223 e. The number of nitrogens with one attached hydrogen (secondary N) is 1. The van der Waals surface area contributed by atoms with Crippen molar-refractivity contribution >= 4 is 28.8 Å². The van der Waals surface area contributed by atoms with Gasteiger partial charge in [-0.2, -0.15) is 0 Å². The van der Waals surface area contributed by atoms with E-state index in [0.717, 1.165) is 17.1 Å². The number of carbonyl (C=O) groups is 1. The number of hydrogen-bond acceptors (Lipinski definition) is 4. The van der Waals surface area contributed by atoms with Gasteiger partial charge in [0.25, 0.3) is 0 Å². The first-order chi connectivity index (χ1) is 12.7. The Morgan fingerprint density at radius 3 is 2.69 bits per heavy atom. The SMILES string of the molecule is O=C(CCOc1ccccc1Cl)NCc1csc(Cc2ccccc2)n1. The molecule has 0 saturated heterocycles.